The van der Waals surface area contributed by atoms with E-state index in [9.17, 15) is 14.4 Å². The van der Waals surface area contributed by atoms with Crippen molar-refractivity contribution in [1.82, 2.24) is 4.90 Å². The molecular formula is C26H16Cl4N2O3. The van der Waals surface area contributed by atoms with Gasteiger partial charge in [-0.1, -0.05) is 71.7 Å². The van der Waals surface area contributed by atoms with Gasteiger partial charge >= 0.3 is 0 Å². The standard InChI is InChI=1S/C26H16Cl4N2O3/c27-13-9-10-19(18(28)11-13)31-20(33)12-32-23(34)21-22(24(32)35)26(30)15-6-2-1-5-14(15)25(21,29)16-7-3-4-8-17(16)26/h1-11,21-22H,12H2,(H,31,33)/t21-,22-,25?,26?/m1/s1. The van der Waals surface area contributed by atoms with Crippen molar-refractivity contribution < 1.29 is 14.4 Å². The van der Waals surface area contributed by atoms with Crippen LogP contribution in [0.15, 0.2) is 66.7 Å². The van der Waals surface area contributed by atoms with Gasteiger partial charge in [-0.3, -0.25) is 19.3 Å². The lowest BCUT2D eigenvalue weighted by Crippen LogP contribution is -2.57. The summed E-state index contributed by atoms with van der Waals surface area (Å²) >= 11 is 26.8. The number of benzene rings is 3. The number of likely N-dealkylation sites (tertiary alicyclic amines) is 1. The molecule has 176 valence electrons. The Bertz CT molecular complexity index is 1330. The van der Waals surface area contributed by atoms with Crippen LogP contribution in [-0.2, 0) is 24.1 Å². The van der Waals surface area contributed by atoms with Crippen molar-refractivity contribution in [1.29, 1.82) is 0 Å². The highest BCUT2D eigenvalue weighted by Crippen LogP contribution is 2.69. The number of nitrogens with zero attached hydrogens (tertiary/aromatic N) is 1. The Morgan fingerprint density at radius 3 is 1.69 bits per heavy atom. The first-order chi connectivity index (χ1) is 16.7. The van der Waals surface area contributed by atoms with Crippen LogP contribution in [0, 0.1) is 11.8 Å². The molecule has 0 radical (unpaired) electrons. The molecule has 5 nitrogen and oxygen atoms in total. The summed E-state index contributed by atoms with van der Waals surface area (Å²) in [6.45, 7) is -0.490. The topological polar surface area (TPSA) is 66.5 Å². The number of nitrogens with one attached hydrogen (secondary N) is 1. The highest BCUT2D eigenvalue weighted by molar-refractivity contribution is 6.37. The lowest BCUT2D eigenvalue weighted by molar-refractivity contribution is -0.142. The molecule has 1 N–H and O–H groups in total. The molecule has 3 aromatic rings. The van der Waals surface area contributed by atoms with Crippen LogP contribution in [0.1, 0.15) is 22.3 Å². The maximum atomic E-state index is 13.7. The molecule has 3 aromatic carbocycles. The summed E-state index contributed by atoms with van der Waals surface area (Å²) < 4.78 is 0. The molecule has 0 unspecified atom stereocenters. The third-order valence-corrected chi connectivity index (χ3v) is 9.02. The van der Waals surface area contributed by atoms with Crippen LogP contribution in [0.4, 0.5) is 5.69 Å². The fraction of sp³-hybridized carbons (Fsp3) is 0.192. The number of anilines is 1. The predicted octanol–water partition coefficient (Wildman–Crippen LogP) is 5.53. The average Bonchev–Trinajstić information content (AvgIpc) is 3.10. The summed E-state index contributed by atoms with van der Waals surface area (Å²) in [5.74, 6) is -3.54. The second kappa shape index (κ2) is 7.71. The van der Waals surface area contributed by atoms with E-state index < -0.39 is 45.9 Å². The fourth-order valence-electron chi connectivity index (χ4n) is 5.80. The molecule has 0 saturated carbocycles. The Morgan fingerprint density at radius 1 is 0.800 bits per heavy atom. The number of rotatable bonds is 3. The summed E-state index contributed by atoms with van der Waals surface area (Å²) in [5.41, 5.74) is 3.14. The van der Waals surface area contributed by atoms with E-state index in [2.05, 4.69) is 5.32 Å². The molecule has 3 aliphatic carbocycles. The van der Waals surface area contributed by atoms with Crippen molar-refractivity contribution in [3.05, 3.63) is 99.0 Å². The molecule has 4 aliphatic rings. The number of carbonyl (C=O) groups excluding carboxylic acids is 3. The number of alkyl halides is 2. The second-order valence-electron chi connectivity index (χ2n) is 8.91. The molecule has 2 atom stereocenters. The monoisotopic (exact) mass is 544 g/mol. The molecule has 2 bridgehead atoms. The van der Waals surface area contributed by atoms with E-state index in [1.165, 1.54) is 6.07 Å². The first-order valence-corrected chi connectivity index (χ1v) is 12.4. The summed E-state index contributed by atoms with van der Waals surface area (Å²) in [4.78, 5) is 38.7. The Hall–Kier alpha value is -2.57. The van der Waals surface area contributed by atoms with Crippen molar-refractivity contribution in [2.75, 3.05) is 11.9 Å². The minimum absolute atomic E-state index is 0.238. The van der Waals surface area contributed by atoms with Crippen molar-refractivity contribution in [3.63, 3.8) is 0 Å². The molecule has 1 saturated heterocycles. The van der Waals surface area contributed by atoms with Crippen LogP contribution in [0.2, 0.25) is 10.0 Å². The minimum Gasteiger partial charge on any atom is -0.323 e. The molecule has 7 rings (SSSR count). The van der Waals surface area contributed by atoms with E-state index in [-0.39, 0.29) is 5.02 Å². The minimum atomic E-state index is -1.29. The Balaban J connectivity index is 1.41. The van der Waals surface area contributed by atoms with Crippen LogP contribution in [0.5, 0.6) is 0 Å². The van der Waals surface area contributed by atoms with Crippen molar-refractivity contribution in [3.8, 4) is 0 Å². The smallest absolute Gasteiger partial charge is 0.244 e. The molecule has 1 fully saturated rings. The van der Waals surface area contributed by atoms with Gasteiger partial charge in [0.15, 0.2) is 0 Å². The first kappa shape index (κ1) is 22.9. The van der Waals surface area contributed by atoms with Crippen LogP contribution in [0.25, 0.3) is 0 Å². The van der Waals surface area contributed by atoms with Crippen LogP contribution < -0.4 is 5.32 Å². The van der Waals surface area contributed by atoms with E-state index in [0.717, 1.165) is 4.90 Å². The van der Waals surface area contributed by atoms with E-state index >= 15 is 0 Å². The number of halogens is 4. The number of amides is 3. The summed E-state index contributed by atoms with van der Waals surface area (Å²) in [6.07, 6.45) is 0. The third-order valence-electron chi connectivity index (χ3n) is 7.18. The van der Waals surface area contributed by atoms with Gasteiger partial charge in [0.1, 0.15) is 16.3 Å². The lowest BCUT2D eigenvalue weighted by atomic mass is 9.54. The molecule has 9 heteroatoms. The molecule has 0 spiro atoms. The average molecular weight is 546 g/mol. The lowest BCUT2D eigenvalue weighted by Gasteiger charge is -2.54. The normalized spacial score (nSPS) is 27.9. The van der Waals surface area contributed by atoms with Crippen LogP contribution in [0.3, 0.4) is 0 Å². The molecule has 1 heterocycles. The van der Waals surface area contributed by atoms with Crippen molar-refractivity contribution in [2.24, 2.45) is 11.8 Å². The predicted molar refractivity (Wildman–Crippen MR) is 135 cm³/mol. The molecule has 3 amide bonds. The van der Waals surface area contributed by atoms with Gasteiger partial charge < -0.3 is 5.32 Å². The Labute approximate surface area is 220 Å². The van der Waals surface area contributed by atoms with Gasteiger partial charge in [0.05, 0.1) is 22.5 Å². The number of carbonyl (C=O) groups is 3. The zero-order valence-corrected chi connectivity index (χ0v) is 20.9. The number of hydrogen-bond donors (Lipinski definition) is 1. The largest absolute Gasteiger partial charge is 0.323 e. The van der Waals surface area contributed by atoms with Gasteiger partial charge in [-0.25, -0.2) is 0 Å². The quantitative estimate of drug-likeness (QED) is 0.348. The van der Waals surface area contributed by atoms with E-state index in [1.807, 2.05) is 48.5 Å². The highest BCUT2D eigenvalue weighted by atomic mass is 35.5. The van der Waals surface area contributed by atoms with Gasteiger partial charge in [0.2, 0.25) is 17.7 Å². The van der Waals surface area contributed by atoms with Crippen molar-refractivity contribution >= 4 is 69.8 Å². The Morgan fingerprint density at radius 2 is 1.26 bits per heavy atom. The van der Waals surface area contributed by atoms with Crippen LogP contribution in [-0.4, -0.2) is 29.2 Å². The number of hydrogen-bond acceptors (Lipinski definition) is 3. The third kappa shape index (κ3) is 2.93. The zero-order chi connectivity index (χ0) is 24.7. The van der Waals surface area contributed by atoms with Crippen molar-refractivity contribution in [2.45, 2.75) is 9.75 Å². The summed E-state index contributed by atoms with van der Waals surface area (Å²) in [7, 11) is 0. The maximum Gasteiger partial charge on any atom is 0.244 e. The Kier molecular flexibility index (Phi) is 5.04. The fourth-order valence-corrected chi connectivity index (χ4v) is 7.36. The second-order valence-corrected chi connectivity index (χ2v) is 10.9. The van der Waals surface area contributed by atoms with E-state index in [0.29, 0.717) is 33.0 Å². The van der Waals surface area contributed by atoms with Gasteiger partial charge in [0.25, 0.3) is 0 Å². The molecule has 0 aromatic heterocycles. The number of imide groups is 1. The van der Waals surface area contributed by atoms with Gasteiger partial charge in [-0.05, 0) is 40.5 Å². The molecule has 35 heavy (non-hydrogen) atoms. The van der Waals surface area contributed by atoms with E-state index in [1.54, 1.807) is 12.1 Å². The SMILES string of the molecule is O=C(CN1C(=O)[C@H]2[C@H](C1=O)C1(Cl)c3ccccc3C2(Cl)c2ccccc21)Nc1ccc(Cl)cc1Cl. The molecular weight excluding hydrogens is 530 g/mol. The summed E-state index contributed by atoms with van der Waals surface area (Å²) in [5, 5.41) is 3.29. The van der Waals surface area contributed by atoms with Gasteiger partial charge in [-0.15, -0.1) is 23.2 Å². The zero-order valence-electron chi connectivity index (χ0n) is 17.9. The van der Waals surface area contributed by atoms with Gasteiger partial charge in [0, 0.05) is 5.02 Å². The van der Waals surface area contributed by atoms with Crippen LogP contribution >= 0.6 is 46.4 Å². The van der Waals surface area contributed by atoms with Gasteiger partial charge in [-0.2, -0.15) is 0 Å². The molecule has 1 aliphatic heterocycles. The maximum absolute atomic E-state index is 13.7. The summed E-state index contributed by atoms with van der Waals surface area (Å²) in [6, 6.07) is 19.3. The van der Waals surface area contributed by atoms with E-state index in [4.69, 9.17) is 46.4 Å². The first-order valence-electron chi connectivity index (χ1n) is 10.9. The highest BCUT2D eigenvalue weighted by Gasteiger charge is 2.73.